The van der Waals surface area contributed by atoms with Gasteiger partial charge in [-0.25, -0.2) is 0 Å². The van der Waals surface area contributed by atoms with Crippen LogP contribution < -0.4 is 14.8 Å². The Morgan fingerprint density at radius 3 is 2.53 bits per heavy atom. The third-order valence-electron chi connectivity index (χ3n) is 5.02. The maximum Gasteiger partial charge on any atom is 0.234 e. The highest BCUT2D eigenvalue weighted by atomic mass is 32.2. The number of aryl methyl sites for hydroxylation is 2. The smallest absolute Gasteiger partial charge is 0.234 e. The molecule has 2 aromatic carbocycles. The molecule has 4 rings (SSSR count). The Morgan fingerprint density at radius 1 is 0.969 bits per heavy atom. The van der Waals surface area contributed by atoms with Crippen LogP contribution in [0.5, 0.6) is 11.5 Å². The van der Waals surface area contributed by atoms with Gasteiger partial charge in [0.1, 0.15) is 5.03 Å². The second-order valence-corrected chi connectivity index (χ2v) is 8.17. The fourth-order valence-electron chi connectivity index (χ4n) is 3.16. The number of fused-ring (bicyclic) bond motifs is 1. The number of nitrogens with one attached hydrogen (secondary N) is 1. The predicted molar refractivity (Wildman–Crippen MR) is 125 cm³/mol. The molecule has 0 bridgehead atoms. The third-order valence-corrected chi connectivity index (χ3v) is 5.94. The Hall–Kier alpha value is -3.59. The van der Waals surface area contributed by atoms with Gasteiger partial charge in [0.25, 0.3) is 0 Å². The van der Waals surface area contributed by atoms with Crippen LogP contribution in [0, 0.1) is 13.8 Å². The van der Waals surface area contributed by atoms with Gasteiger partial charge in [-0.1, -0.05) is 17.8 Å². The lowest BCUT2D eigenvalue weighted by atomic mass is 10.1. The second-order valence-electron chi connectivity index (χ2n) is 7.17. The molecule has 164 valence electrons. The van der Waals surface area contributed by atoms with Crippen molar-refractivity contribution < 1.29 is 14.3 Å². The number of nitrogens with zero attached hydrogens (tertiary/aromatic N) is 4. The molecule has 8 nitrogen and oxygen atoms in total. The molecule has 9 heteroatoms. The Labute approximate surface area is 190 Å². The van der Waals surface area contributed by atoms with Gasteiger partial charge in [0.2, 0.25) is 5.91 Å². The molecular formula is C23H23N5O3S. The van der Waals surface area contributed by atoms with Gasteiger partial charge in [-0.3, -0.25) is 4.79 Å². The average Bonchev–Trinajstić information content (AvgIpc) is 3.23. The number of aromatic nitrogens is 4. The maximum atomic E-state index is 12.4. The van der Waals surface area contributed by atoms with E-state index in [1.54, 1.807) is 18.7 Å². The van der Waals surface area contributed by atoms with Gasteiger partial charge in [-0.05, 0) is 67.4 Å². The molecule has 1 amide bonds. The fourth-order valence-corrected chi connectivity index (χ4v) is 3.81. The Bertz CT molecular complexity index is 1290. The summed E-state index contributed by atoms with van der Waals surface area (Å²) in [5, 5.41) is 16.7. The molecule has 1 N–H and O–H groups in total. The predicted octanol–water partition coefficient (Wildman–Crippen LogP) is 4.16. The summed E-state index contributed by atoms with van der Waals surface area (Å²) in [6.07, 6.45) is 0. The van der Waals surface area contributed by atoms with Crippen LogP contribution in [0.4, 0.5) is 5.69 Å². The number of hydrogen-bond acceptors (Lipinski definition) is 7. The highest BCUT2D eigenvalue weighted by Crippen LogP contribution is 2.31. The quantitative estimate of drug-likeness (QED) is 0.424. The van der Waals surface area contributed by atoms with Crippen molar-refractivity contribution in [2.24, 2.45) is 0 Å². The van der Waals surface area contributed by atoms with Crippen LogP contribution in [-0.4, -0.2) is 45.7 Å². The zero-order valence-electron chi connectivity index (χ0n) is 18.2. The van der Waals surface area contributed by atoms with Gasteiger partial charge in [0, 0.05) is 11.3 Å². The van der Waals surface area contributed by atoms with Crippen molar-refractivity contribution in [3.63, 3.8) is 0 Å². The lowest BCUT2D eigenvalue weighted by molar-refractivity contribution is -0.113. The first-order chi connectivity index (χ1) is 15.5. The molecule has 32 heavy (non-hydrogen) atoms. The van der Waals surface area contributed by atoms with E-state index in [2.05, 4.69) is 20.6 Å². The van der Waals surface area contributed by atoms with Crippen molar-refractivity contribution in [2.75, 3.05) is 25.3 Å². The molecule has 2 heterocycles. The lowest BCUT2D eigenvalue weighted by Gasteiger charge is -2.09. The van der Waals surface area contributed by atoms with Crippen LogP contribution in [0.25, 0.3) is 17.0 Å². The number of rotatable bonds is 7. The van der Waals surface area contributed by atoms with Crippen molar-refractivity contribution in [1.29, 1.82) is 0 Å². The van der Waals surface area contributed by atoms with Gasteiger partial charge in [-0.15, -0.1) is 10.2 Å². The number of amides is 1. The molecule has 0 aliphatic heterocycles. The van der Waals surface area contributed by atoms with E-state index in [-0.39, 0.29) is 11.7 Å². The number of carbonyl (C=O) groups excluding carboxylic acids is 1. The van der Waals surface area contributed by atoms with Crippen molar-refractivity contribution in [3.05, 3.63) is 59.7 Å². The van der Waals surface area contributed by atoms with Gasteiger partial charge in [-0.2, -0.15) is 9.61 Å². The van der Waals surface area contributed by atoms with E-state index in [1.807, 2.05) is 62.4 Å². The summed E-state index contributed by atoms with van der Waals surface area (Å²) in [7, 11) is 3.17. The fraction of sp³-hybridized carbons (Fsp3) is 0.217. The number of ether oxygens (including phenoxy) is 2. The third kappa shape index (κ3) is 4.52. The van der Waals surface area contributed by atoms with Crippen LogP contribution in [0.2, 0.25) is 0 Å². The first-order valence-electron chi connectivity index (χ1n) is 9.93. The minimum atomic E-state index is -0.0935. The van der Waals surface area contributed by atoms with E-state index in [4.69, 9.17) is 9.47 Å². The first kappa shape index (κ1) is 21.6. The molecule has 0 saturated carbocycles. The van der Waals surface area contributed by atoms with Crippen LogP contribution in [-0.2, 0) is 4.79 Å². The van der Waals surface area contributed by atoms with Crippen LogP contribution in [0.3, 0.4) is 0 Å². The van der Waals surface area contributed by atoms with Crippen molar-refractivity contribution >= 4 is 29.0 Å². The monoisotopic (exact) mass is 449 g/mol. The van der Waals surface area contributed by atoms with Gasteiger partial charge in [0.15, 0.2) is 23.0 Å². The minimum absolute atomic E-state index is 0.0935. The zero-order chi connectivity index (χ0) is 22.7. The number of methoxy groups -OCH3 is 2. The summed E-state index contributed by atoms with van der Waals surface area (Å²) in [6, 6.07) is 15.0. The average molecular weight is 450 g/mol. The minimum Gasteiger partial charge on any atom is -0.493 e. The number of carbonyl (C=O) groups is 1. The summed E-state index contributed by atoms with van der Waals surface area (Å²) in [5.74, 6) is 1.94. The van der Waals surface area contributed by atoms with Gasteiger partial charge in [0.05, 0.1) is 20.0 Å². The molecule has 0 spiro atoms. The Balaban J connectivity index is 1.51. The van der Waals surface area contributed by atoms with E-state index < -0.39 is 0 Å². The van der Waals surface area contributed by atoms with Gasteiger partial charge >= 0.3 is 0 Å². The summed E-state index contributed by atoms with van der Waals surface area (Å²) in [4.78, 5) is 12.4. The zero-order valence-corrected chi connectivity index (χ0v) is 19.1. The largest absolute Gasteiger partial charge is 0.493 e. The van der Waals surface area contributed by atoms with Crippen LogP contribution >= 0.6 is 11.8 Å². The Kier molecular flexibility index (Phi) is 6.27. The molecule has 0 atom stereocenters. The van der Waals surface area contributed by atoms with E-state index in [1.165, 1.54) is 17.3 Å². The first-order valence-corrected chi connectivity index (χ1v) is 10.9. The SMILES string of the molecule is COc1ccc(-c2nnc3ccc(SCC(=O)Nc4ccc(C)c(C)c4)nn23)cc1OC. The second kappa shape index (κ2) is 9.27. The molecule has 0 saturated heterocycles. The standard InChI is InChI=1S/C23H23N5O3S/c1-14-5-7-17(11-15(14)2)24-21(29)13-32-22-10-9-20-25-26-23(28(20)27-22)16-6-8-18(30-3)19(12-16)31-4/h5-12H,13H2,1-4H3,(H,24,29). The molecular weight excluding hydrogens is 426 g/mol. The van der Waals surface area contributed by atoms with Crippen LogP contribution in [0.15, 0.2) is 53.6 Å². The highest BCUT2D eigenvalue weighted by Gasteiger charge is 2.14. The normalized spacial score (nSPS) is 10.9. The summed E-state index contributed by atoms with van der Waals surface area (Å²) in [6.45, 7) is 4.06. The van der Waals surface area contributed by atoms with Crippen LogP contribution in [0.1, 0.15) is 11.1 Å². The topological polar surface area (TPSA) is 90.6 Å². The van der Waals surface area contributed by atoms with E-state index in [9.17, 15) is 4.79 Å². The number of hydrogen-bond donors (Lipinski definition) is 1. The van der Waals surface area contributed by atoms with Crippen molar-refractivity contribution in [1.82, 2.24) is 19.8 Å². The summed E-state index contributed by atoms with van der Waals surface area (Å²) < 4.78 is 12.3. The van der Waals surface area contributed by atoms with Crippen molar-refractivity contribution in [3.8, 4) is 22.9 Å². The van der Waals surface area contributed by atoms with E-state index >= 15 is 0 Å². The number of thioether (sulfide) groups is 1. The molecule has 0 unspecified atom stereocenters. The summed E-state index contributed by atoms with van der Waals surface area (Å²) >= 11 is 1.35. The van der Waals surface area contributed by atoms with E-state index in [0.29, 0.717) is 28.0 Å². The molecule has 0 radical (unpaired) electrons. The molecule has 4 aromatic rings. The molecule has 0 aliphatic rings. The van der Waals surface area contributed by atoms with Gasteiger partial charge < -0.3 is 14.8 Å². The maximum absolute atomic E-state index is 12.4. The molecule has 0 aliphatic carbocycles. The molecule has 0 fully saturated rings. The number of anilines is 1. The molecule has 2 aromatic heterocycles. The highest BCUT2D eigenvalue weighted by molar-refractivity contribution is 7.99. The number of benzene rings is 2. The Morgan fingerprint density at radius 2 is 1.78 bits per heavy atom. The van der Waals surface area contributed by atoms with Crippen molar-refractivity contribution in [2.45, 2.75) is 18.9 Å². The lowest BCUT2D eigenvalue weighted by Crippen LogP contribution is -2.14. The summed E-state index contributed by atoms with van der Waals surface area (Å²) in [5.41, 5.74) is 4.51. The van der Waals surface area contributed by atoms with E-state index in [0.717, 1.165) is 16.8 Å².